The third kappa shape index (κ3) is 6.30. The second-order valence-electron chi connectivity index (χ2n) is 10.1. The van der Waals surface area contributed by atoms with Crippen molar-refractivity contribution in [2.24, 2.45) is 0 Å². The number of hydrogen-bond acceptors (Lipinski definition) is 6. The highest BCUT2D eigenvalue weighted by Crippen LogP contribution is 2.27. The number of fused-ring (bicyclic) bond motifs is 1. The molecule has 3 aromatic carbocycles. The van der Waals surface area contributed by atoms with E-state index in [-0.39, 0.29) is 6.04 Å². The number of para-hydroxylation sites is 1. The number of aromatic nitrogens is 2. The van der Waals surface area contributed by atoms with Crippen molar-refractivity contribution >= 4 is 26.7 Å². The summed E-state index contributed by atoms with van der Waals surface area (Å²) in [5.41, 5.74) is 3.35. The van der Waals surface area contributed by atoms with Crippen LogP contribution < -0.4 is 5.32 Å². The Hall–Kier alpha value is -3.33. The molecule has 7 nitrogen and oxygen atoms in total. The molecule has 0 saturated carbocycles. The standard InChI is InChI=1S/C31H37N5O2S/c1-3-9-25-14-16-27(17-15-25)39(37,38)36-22-20-35(21-23-36)24(2)30-33-29-13-8-7-12-28(29)31(34-30)32-19-18-26-10-5-4-6-11-26/h4-8,10-17,24H,3,9,18-23H2,1-2H3,(H,32,33,34). The van der Waals surface area contributed by atoms with E-state index in [1.54, 1.807) is 16.4 Å². The molecule has 1 aliphatic heterocycles. The lowest BCUT2D eigenvalue weighted by Gasteiger charge is -2.37. The molecule has 5 rings (SSSR count). The van der Waals surface area contributed by atoms with Crippen LogP contribution >= 0.6 is 0 Å². The molecule has 4 aromatic rings. The minimum atomic E-state index is -3.51. The summed E-state index contributed by atoms with van der Waals surface area (Å²) in [6.07, 6.45) is 2.90. The summed E-state index contributed by atoms with van der Waals surface area (Å²) in [6, 6.07) is 25.8. The molecule has 1 fully saturated rings. The van der Waals surface area contributed by atoms with Crippen LogP contribution in [0.1, 0.15) is 43.3 Å². The van der Waals surface area contributed by atoms with Gasteiger partial charge in [0, 0.05) is 38.1 Å². The highest BCUT2D eigenvalue weighted by atomic mass is 32.2. The van der Waals surface area contributed by atoms with Crippen molar-refractivity contribution in [1.29, 1.82) is 0 Å². The number of rotatable bonds is 10. The van der Waals surface area contributed by atoms with E-state index in [9.17, 15) is 8.42 Å². The number of benzene rings is 3. The first-order valence-electron chi connectivity index (χ1n) is 13.8. The highest BCUT2D eigenvalue weighted by molar-refractivity contribution is 7.89. The lowest BCUT2D eigenvalue weighted by Crippen LogP contribution is -2.49. The van der Waals surface area contributed by atoms with E-state index in [0.717, 1.165) is 48.4 Å². The largest absolute Gasteiger partial charge is 0.369 e. The predicted molar refractivity (Wildman–Crippen MR) is 157 cm³/mol. The van der Waals surface area contributed by atoms with Gasteiger partial charge in [-0.25, -0.2) is 18.4 Å². The van der Waals surface area contributed by atoms with Crippen molar-refractivity contribution in [3.05, 3.63) is 95.8 Å². The van der Waals surface area contributed by atoms with Gasteiger partial charge in [0.25, 0.3) is 0 Å². The minimum absolute atomic E-state index is 0.0394. The van der Waals surface area contributed by atoms with Crippen molar-refractivity contribution in [2.45, 2.75) is 44.0 Å². The first kappa shape index (κ1) is 27.2. The molecular weight excluding hydrogens is 506 g/mol. The fourth-order valence-electron chi connectivity index (χ4n) is 5.15. The summed E-state index contributed by atoms with van der Waals surface area (Å²) in [7, 11) is -3.51. The normalized spacial score (nSPS) is 15.8. The van der Waals surface area contributed by atoms with Gasteiger partial charge >= 0.3 is 0 Å². The third-order valence-corrected chi connectivity index (χ3v) is 9.38. The molecule has 1 saturated heterocycles. The molecule has 1 aliphatic rings. The fraction of sp³-hybridized carbons (Fsp3) is 0.355. The van der Waals surface area contributed by atoms with Crippen LogP contribution in [0, 0.1) is 0 Å². The van der Waals surface area contributed by atoms with Crippen LogP contribution in [-0.2, 0) is 22.9 Å². The Morgan fingerprint density at radius 1 is 0.821 bits per heavy atom. The highest BCUT2D eigenvalue weighted by Gasteiger charge is 2.31. The van der Waals surface area contributed by atoms with Gasteiger partial charge in [-0.2, -0.15) is 4.31 Å². The fourth-order valence-corrected chi connectivity index (χ4v) is 6.57. The lowest BCUT2D eigenvalue weighted by molar-refractivity contribution is 0.141. The van der Waals surface area contributed by atoms with Crippen molar-refractivity contribution in [3.8, 4) is 0 Å². The summed E-state index contributed by atoms with van der Waals surface area (Å²) >= 11 is 0. The van der Waals surface area contributed by atoms with Crippen molar-refractivity contribution in [2.75, 3.05) is 38.0 Å². The van der Waals surface area contributed by atoms with Gasteiger partial charge in [0.2, 0.25) is 10.0 Å². The predicted octanol–water partition coefficient (Wildman–Crippen LogP) is 5.30. The molecule has 2 heterocycles. The maximum absolute atomic E-state index is 13.3. The van der Waals surface area contributed by atoms with Gasteiger partial charge in [-0.1, -0.05) is 67.9 Å². The quantitative estimate of drug-likeness (QED) is 0.292. The number of aryl methyl sites for hydroxylation is 1. The van der Waals surface area contributed by atoms with Gasteiger partial charge in [-0.15, -0.1) is 0 Å². The van der Waals surface area contributed by atoms with Gasteiger partial charge in [-0.3, -0.25) is 4.90 Å². The Bertz CT molecular complexity index is 1480. The van der Waals surface area contributed by atoms with Crippen LogP contribution in [0.25, 0.3) is 10.9 Å². The molecule has 0 radical (unpaired) electrons. The Morgan fingerprint density at radius 3 is 2.21 bits per heavy atom. The van der Waals surface area contributed by atoms with Gasteiger partial charge in [-0.05, 0) is 55.2 Å². The number of sulfonamides is 1. The molecular formula is C31H37N5O2S. The minimum Gasteiger partial charge on any atom is -0.369 e. The average Bonchev–Trinajstić information content (AvgIpc) is 2.98. The third-order valence-electron chi connectivity index (χ3n) is 7.46. The maximum atomic E-state index is 13.3. The summed E-state index contributed by atoms with van der Waals surface area (Å²) in [6.45, 7) is 7.14. The molecule has 0 aliphatic carbocycles. The van der Waals surface area contributed by atoms with Crippen LogP contribution in [0.4, 0.5) is 5.82 Å². The summed E-state index contributed by atoms with van der Waals surface area (Å²) < 4.78 is 28.1. The van der Waals surface area contributed by atoms with Crippen LogP contribution in [0.15, 0.2) is 83.8 Å². The Kier molecular flexibility index (Phi) is 8.55. The van der Waals surface area contributed by atoms with Crippen molar-refractivity contribution in [3.63, 3.8) is 0 Å². The molecule has 204 valence electrons. The van der Waals surface area contributed by atoms with E-state index in [1.807, 2.05) is 42.5 Å². The Morgan fingerprint density at radius 2 is 1.49 bits per heavy atom. The van der Waals surface area contributed by atoms with Gasteiger partial charge in [0.15, 0.2) is 0 Å². The van der Waals surface area contributed by atoms with E-state index in [4.69, 9.17) is 9.97 Å². The SMILES string of the molecule is CCCc1ccc(S(=O)(=O)N2CCN(C(C)c3nc(NCCc4ccccc4)c4ccccc4n3)CC2)cc1. The zero-order valence-corrected chi connectivity index (χ0v) is 23.6. The summed E-state index contributed by atoms with van der Waals surface area (Å²) in [5, 5.41) is 4.54. The molecule has 39 heavy (non-hydrogen) atoms. The monoisotopic (exact) mass is 543 g/mol. The zero-order chi connectivity index (χ0) is 27.2. The number of piperazine rings is 1. The van der Waals surface area contributed by atoms with E-state index in [2.05, 4.69) is 48.3 Å². The van der Waals surface area contributed by atoms with Crippen LogP contribution in [0.3, 0.4) is 0 Å². The first-order chi connectivity index (χ1) is 19.0. The molecule has 0 amide bonds. The van der Waals surface area contributed by atoms with Gasteiger partial charge < -0.3 is 5.32 Å². The molecule has 1 atom stereocenters. The smallest absolute Gasteiger partial charge is 0.243 e. The second kappa shape index (κ2) is 12.2. The number of hydrogen-bond donors (Lipinski definition) is 1. The molecule has 0 bridgehead atoms. The van der Waals surface area contributed by atoms with Crippen molar-refractivity contribution < 1.29 is 8.42 Å². The topological polar surface area (TPSA) is 78.4 Å². The van der Waals surface area contributed by atoms with Crippen molar-refractivity contribution in [1.82, 2.24) is 19.2 Å². The van der Waals surface area contributed by atoms with E-state index in [0.29, 0.717) is 31.1 Å². The Labute approximate surface area is 232 Å². The average molecular weight is 544 g/mol. The number of nitrogens with zero attached hydrogens (tertiary/aromatic N) is 4. The lowest BCUT2D eigenvalue weighted by atomic mass is 10.1. The zero-order valence-electron chi connectivity index (χ0n) is 22.8. The van der Waals surface area contributed by atoms with E-state index < -0.39 is 10.0 Å². The molecule has 1 N–H and O–H groups in total. The molecule has 1 aromatic heterocycles. The number of anilines is 1. The maximum Gasteiger partial charge on any atom is 0.243 e. The Balaban J connectivity index is 1.27. The second-order valence-corrected chi connectivity index (χ2v) is 12.1. The summed E-state index contributed by atoms with van der Waals surface area (Å²) in [4.78, 5) is 12.5. The van der Waals surface area contributed by atoms with Crippen LogP contribution in [0.5, 0.6) is 0 Å². The van der Waals surface area contributed by atoms with E-state index >= 15 is 0 Å². The van der Waals surface area contributed by atoms with Gasteiger partial charge in [0.1, 0.15) is 11.6 Å². The molecule has 0 spiro atoms. The van der Waals surface area contributed by atoms with E-state index in [1.165, 1.54) is 11.1 Å². The first-order valence-corrected chi connectivity index (χ1v) is 15.3. The van der Waals surface area contributed by atoms with Crippen LogP contribution in [0.2, 0.25) is 0 Å². The molecule has 1 unspecified atom stereocenters. The molecule has 8 heteroatoms. The van der Waals surface area contributed by atoms with Crippen LogP contribution in [-0.4, -0.2) is 60.3 Å². The number of nitrogens with one attached hydrogen (secondary N) is 1. The summed E-state index contributed by atoms with van der Waals surface area (Å²) in [5.74, 6) is 1.59. The van der Waals surface area contributed by atoms with Gasteiger partial charge in [0.05, 0.1) is 16.5 Å².